The molecule has 0 saturated carbocycles. The predicted molar refractivity (Wildman–Crippen MR) is 97.8 cm³/mol. The molecule has 1 amide bonds. The fourth-order valence-electron chi connectivity index (χ4n) is 1.82. The number of carbonyl (C=O) groups excluding carboxylic acids is 1. The van der Waals surface area contributed by atoms with E-state index in [1.807, 2.05) is 31.2 Å². The van der Waals surface area contributed by atoms with Gasteiger partial charge < -0.3 is 10.1 Å². The number of thiocarbonyl (C=S) groups is 1. The van der Waals surface area contributed by atoms with E-state index in [9.17, 15) is 4.79 Å². The molecule has 0 aliphatic carbocycles. The number of hydrogen-bond acceptors (Lipinski definition) is 3. The molecule has 2 N–H and O–H groups in total. The summed E-state index contributed by atoms with van der Waals surface area (Å²) < 4.78 is 5.49. The Morgan fingerprint density at radius 1 is 1.17 bits per heavy atom. The van der Waals surface area contributed by atoms with Crippen LogP contribution in [0.1, 0.15) is 17.3 Å². The third kappa shape index (κ3) is 4.82. The van der Waals surface area contributed by atoms with Gasteiger partial charge in [0.1, 0.15) is 5.75 Å². The van der Waals surface area contributed by atoms with Gasteiger partial charge in [-0.3, -0.25) is 10.1 Å². The molecule has 0 atom stereocenters. The molecule has 120 valence electrons. The van der Waals surface area contributed by atoms with Gasteiger partial charge in [0.25, 0.3) is 5.91 Å². The second-order valence-electron chi connectivity index (χ2n) is 4.47. The highest BCUT2D eigenvalue weighted by molar-refractivity contribution is 7.80. The highest BCUT2D eigenvalue weighted by atomic mass is 35.5. The fraction of sp³-hybridized carbons (Fsp3) is 0.125. The molecule has 2 aromatic rings. The number of para-hydroxylation sites is 2. The van der Waals surface area contributed by atoms with E-state index >= 15 is 0 Å². The number of halogens is 2. The topological polar surface area (TPSA) is 50.4 Å². The van der Waals surface area contributed by atoms with Crippen molar-refractivity contribution in [2.24, 2.45) is 0 Å². The summed E-state index contributed by atoms with van der Waals surface area (Å²) in [6.45, 7) is 2.42. The van der Waals surface area contributed by atoms with Crippen LogP contribution in [-0.2, 0) is 0 Å². The van der Waals surface area contributed by atoms with Crippen molar-refractivity contribution in [1.29, 1.82) is 0 Å². The van der Waals surface area contributed by atoms with Gasteiger partial charge in [0.2, 0.25) is 0 Å². The molecule has 0 bridgehead atoms. The molecule has 0 unspecified atom stereocenters. The molecular weight excluding hydrogens is 355 g/mol. The average Bonchev–Trinajstić information content (AvgIpc) is 2.52. The quantitative estimate of drug-likeness (QED) is 0.779. The van der Waals surface area contributed by atoms with E-state index in [1.165, 1.54) is 6.07 Å². The molecule has 0 heterocycles. The summed E-state index contributed by atoms with van der Waals surface area (Å²) >= 11 is 16.9. The maximum absolute atomic E-state index is 12.1. The lowest BCUT2D eigenvalue weighted by Crippen LogP contribution is -2.34. The van der Waals surface area contributed by atoms with Gasteiger partial charge in [-0.25, -0.2) is 0 Å². The Balaban J connectivity index is 2.04. The SMILES string of the molecule is CCOc1ccccc1NC(=S)NC(=O)c1ccc(Cl)c(Cl)c1. The molecule has 0 fully saturated rings. The molecule has 23 heavy (non-hydrogen) atoms. The number of rotatable bonds is 4. The maximum Gasteiger partial charge on any atom is 0.257 e. The van der Waals surface area contributed by atoms with Gasteiger partial charge in [0.05, 0.1) is 22.3 Å². The molecular formula is C16H14Cl2N2O2S. The minimum Gasteiger partial charge on any atom is -0.492 e. The largest absolute Gasteiger partial charge is 0.492 e. The first-order valence-electron chi connectivity index (χ1n) is 6.80. The molecule has 2 rings (SSSR count). The van der Waals surface area contributed by atoms with Gasteiger partial charge in [0, 0.05) is 5.56 Å². The van der Waals surface area contributed by atoms with E-state index < -0.39 is 0 Å². The van der Waals surface area contributed by atoms with Crippen molar-refractivity contribution < 1.29 is 9.53 Å². The highest BCUT2D eigenvalue weighted by Gasteiger charge is 2.11. The van der Waals surface area contributed by atoms with Crippen molar-refractivity contribution >= 4 is 52.1 Å². The van der Waals surface area contributed by atoms with Crippen LogP contribution in [0.15, 0.2) is 42.5 Å². The lowest BCUT2D eigenvalue weighted by molar-refractivity contribution is 0.0977. The molecule has 2 aromatic carbocycles. The summed E-state index contributed by atoms with van der Waals surface area (Å²) in [5.74, 6) is 0.274. The number of hydrogen-bond donors (Lipinski definition) is 2. The summed E-state index contributed by atoms with van der Waals surface area (Å²) in [6.07, 6.45) is 0. The van der Waals surface area contributed by atoms with E-state index in [4.69, 9.17) is 40.2 Å². The molecule has 0 saturated heterocycles. The Bertz CT molecular complexity index is 738. The molecule has 0 radical (unpaired) electrons. The van der Waals surface area contributed by atoms with E-state index in [2.05, 4.69) is 10.6 Å². The summed E-state index contributed by atoms with van der Waals surface area (Å²) in [6, 6.07) is 11.9. The van der Waals surface area contributed by atoms with Gasteiger partial charge >= 0.3 is 0 Å². The Morgan fingerprint density at radius 3 is 2.61 bits per heavy atom. The Hall–Kier alpha value is -1.82. The van der Waals surface area contributed by atoms with Crippen LogP contribution < -0.4 is 15.4 Å². The number of ether oxygens (including phenoxy) is 1. The number of nitrogens with one attached hydrogen (secondary N) is 2. The summed E-state index contributed by atoms with van der Waals surface area (Å²) in [5.41, 5.74) is 1.04. The molecule has 4 nitrogen and oxygen atoms in total. The first kappa shape index (κ1) is 17.5. The van der Waals surface area contributed by atoms with E-state index in [-0.39, 0.29) is 11.0 Å². The Morgan fingerprint density at radius 2 is 1.91 bits per heavy atom. The normalized spacial score (nSPS) is 10.0. The van der Waals surface area contributed by atoms with Crippen LogP contribution >= 0.6 is 35.4 Å². The smallest absolute Gasteiger partial charge is 0.257 e. The zero-order valence-electron chi connectivity index (χ0n) is 12.2. The van der Waals surface area contributed by atoms with Gasteiger partial charge in [-0.2, -0.15) is 0 Å². The van der Waals surface area contributed by atoms with Crippen LogP contribution in [0.3, 0.4) is 0 Å². The van der Waals surface area contributed by atoms with Crippen molar-refractivity contribution in [2.45, 2.75) is 6.92 Å². The van der Waals surface area contributed by atoms with Crippen molar-refractivity contribution in [2.75, 3.05) is 11.9 Å². The van der Waals surface area contributed by atoms with Crippen LogP contribution in [0.4, 0.5) is 5.69 Å². The number of amides is 1. The van der Waals surface area contributed by atoms with Crippen LogP contribution in [0.25, 0.3) is 0 Å². The number of carbonyl (C=O) groups is 1. The van der Waals surface area contributed by atoms with Crippen LogP contribution in [0.2, 0.25) is 10.0 Å². The highest BCUT2D eigenvalue weighted by Crippen LogP contribution is 2.24. The van der Waals surface area contributed by atoms with Crippen molar-refractivity contribution in [3.63, 3.8) is 0 Å². The maximum atomic E-state index is 12.1. The van der Waals surface area contributed by atoms with Crippen molar-refractivity contribution in [1.82, 2.24) is 5.32 Å². The molecule has 0 spiro atoms. The summed E-state index contributed by atoms with van der Waals surface area (Å²) in [5, 5.41) is 6.37. The second-order valence-corrected chi connectivity index (χ2v) is 5.69. The minimum atomic E-state index is -0.380. The average molecular weight is 369 g/mol. The van der Waals surface area contributed by atoms with E-state index in [1.54, 1.807) is 12.1 Å². The predicted octanol–water partition coefficient (Wildman–Crippen LogP) is 4.52. The number of benzene rings is 2. The van der Waals surface area contributed by atoms with Crippen molar-refractivity contribution in [3.05, 3.63) is 58.1 Å². The lowest BCUT2D eigenvalue weighted by Gasteiger charge is -2.13. The standard InChI is InChI=1S/C16H14Cl2N2O2S/c1-2-22-14-6-4-3-5-13(14)19-16(23)20-15(21)10-7-8-11(17)12(18)9-10/h3-9H,2H2,1H3,(H2,19,20,21,23). The van der Waals surface area contributed by atoms with Crippen LogP contribution in [-0.4, -0.2) is 17.6 Å². The first-order valence-corrected chi connectivity index (χ1v) is 7.97. The molecule has 0 aliphatic heterocycles. The van der Waals surface area contributed by atoms with Gasteiger partial charge in [-0.1, -0.05) is 35.3 Å². The molecule has 0 aromatic heterocycles. The van der Waals surface area contributed by atoms with Crippen LogP contribution in [0, 0.1) is 0 Å². The Labute approximate surface area is 149 Å². The third-order valence-corrected chi connectivity index (χ3v) is 3.79. The van der Waals surface area contributed by atoms with E-state index in [0.717, 1.165) is 0 Å². The summed E-state index contributed by atoms with van der Waals surface area (Å²) in [4.78, 5) is 12.1. The Kier molecular flexibility index (Phi) is 6.21. The third-order valence-electron chi connectivity index (χ3n) is 2.84. The fourth-order valence-corrected chi connectivity index (χ4v) is 2.32. The van der Waals surface area contributed by atoms with Crippen LogP contribution in [0.5, 0.6) is 5.75 Å². The first-order chi connectivity index (χ1) is 11.0. The minimum absolute atomic E-state index is 0.160. The van der Waals surface area contributed by atoms with Gasteiger partial charge in [-0.15, -0.1) is 0 Å². The number of anilines is 1. The van der Waals surface area contributed by atoms with Gasteiger partial charge in [-0.05, 0) is 49.5 Å². The second kappa shape index (κ2) is 8.15. The molecule has 7 heteroatoms. The summed E-state index contributed by atoms with van der Waals surface area (Å²) in [7, 11) is 0. The van der Waals surface area contributed by atoms with E-state index in [0.29, 0.717) is 33.7 Å². The monoisotopic (exact) mass is 368 g/mol. The zero-order chi connectivity index (χ0) is 16.8. The molecule has 0 aliphatic rings. The lowest BCUT2D eigenvalue weighted by atomic mass is 10.2. The zero-order valence-corrected chi connectivity index (χ0v) is 14.6. The van der Waals surface area contributed by atoms with Gasteiger partial charge in [0.15, 0.2) is 5.11 Å². The van der Waals surface area contributed by atoms with Crippen molar-refractivity contribution in [3.8, 4) is 5.75 Å².